The van der Waals surface area contributed by atoms with Crippen molar-refractivity contribution in [3.63, 3.8) is 0 Å². The number of esters is 1. The molecule has 0 aliphatic rings. The molecule has 0 spiro atoms. The standard InChI is InChI=1S/C15H15FN2O2/c1-3-20-15(19)12(14-17-8-9-18(14)2)10-11-6-4-5-7-13(11)16/h4-10H,3H2,1-2H3/b12-10+. The van der Waals surface area contributed by atoms with E-state index in [4.69, 9.17) is 4.74 Å². The van der Waals surface area contributed by atoms with Crippen molar-refractivity contribution in [3.05, 3.63) is 53.9 Å². The van der Waals surface area contributed by atoms with Crippen LogP contribution in [0.4, 0.5) is 4.39 Å². The van der Waals surface area contributed by atoms with E-state index in [1.807, 2.05) is 0 Å². The molecule has 104 valence electrons. The van der Waals surface area contributed by atoms with E-state index in [0.29, 0.717) is 11.4 Å². The minimum Gasteiger partial charge on any atom is -0.462 e. The Hall–Kier alpha value is -2.43. The first-order valence-corrected chi connectivity index (χ1v) is 6.24. The number of hydrogen-bond donors (Lipinski definition) is 0. The van der Waals surface area contributed by atoms with Gasteiger partial charge in [-0.15, -0.1) is 0 Å². The van der Waals surface area contributed by atoms with E-state index in [-0.39, 0.29) is 12.2 Å². The normalized spacial score (nSPS) is 11.4. The maximum atomic E-state index is 13.7. The number of benzene rings is 1. The summed E-state index contributed by atoms with van der Waals surface area (Å²) in [4.78, 5) is 16.2. The van der Waals surface area contributed by atoms with E-state index >= 15 is 0 Å². The number of ether oxygens (including phenoxy) is 1. The van der Waals surface area contributed by atoms with Crippen LogP contribution in [0.2, 0.25) is 0 Å². The third-order valence-electron chi connectivity index (χ3n) is 2.76. The summed E-state index contributed by atoms with van der Waals surface area (Å²) in [5.74, 6) is -0.486. The molecule has 1 aromatic heterocycles. The second kappa shape index (κ2) is 6.14. The molecule has 5 heteroatoms. The number of imidazole rings is 1. The highest BCUT2D eigenvalue weighted by atomic mass is 19.1. The maximum absolute atomic E-state index is 13.7. The number of carbonyl (C=O) groups excluding carboxylic acids is 1. The lowest BCUT2D eigenvalue weighted by atomic mass is 10.1. The van der Waals surface area contributed by atoms with Crippen LogP contribution < -0.4 is 0 Å². The summed E-state index contributed by atoms with van der Waals surface area (Å²) in [6.45, 7) is 1.97. The monoisotopic (exact) mass is 274 g/mol. The summed E-state index contributed by atoms with van der Waals surface area (Å²) in [7, 11) is 1.76. The molecule has 20 heavy (non-hydrogen) atoms. The van der Waals surface area contributed by atoms with Crippen molar-refractivity contribution in [2.75, 3.05) is 6.61 Å². The van der Waals surface area contributed by atoms with Crippen molar-refractivity contribution in [2.45, 2.75) is 6.92 Å². The highest BCUT2D eigenvalue weighted by molar-refractivity contribution is 6.20. The molecule has 0 fully saturated rings. The zero-order chi connectivity index (χ0) is 14.5. The fourth-order valence-corrected chi connectivity index (χ4v) is 1.80. The van der Waals surface area contributed by atoms with Crippen LogP contribution in [0.15, 0.2) is 36.7 Å². The quantitative estimate of drug-likeness (QED) is 0.636. The molecule has 2 rings (SSSR count). The Labute approximate surface area is 116 Å². The Morgan fingerprint density at radius 3 is 2.80 bits per heavy atom. The minimum absolute atomic E-state index is 0.226. The van der Waals surface area contributed by atoms with Crippen LogP contribution in [0.1, 0.15) is 18.3 Å². The second-order valence-electron chi connectivity index (χ2n) is 4.16. The summed E-state index contributed by atoms with van der Waals surface area (Å²) in [5.41, 5.74) is 0.544. The van der Waals surface area contributed by atoms with Crippen molar-refractivity contribution in [1.29, 1.82) is 0 Å². The van der Waals surface area contributed by atoms with E-state index < -0.39 is 11.8 Å². The third-order valence-corrected chi connectivity index (χ3v) is 2.76. The molecule has 1 heterocycles. The predicted octanol–water partition coefficient (Wildman–Crippen LogP) is 2.66. The molecule has 0 unspecified atom stereocenters. The van der Waals surface area contributed by atoms with Gasteiger partial charge in [-0.1, -0.05) is 18.2 Å². The first-order valence-electron chi connectivity index (χ1n) is 6.24. The molecule has 1 aromatic carbocycles. The molecular weight excluding hydrogens is 259 g/mol. The number of nitrogens with zero attached hydrogens (tertiary/aromatic N) is 2. The number of halogens is 1. The fourth-order valence-electron chi connectivity index (χ4n) is 1.80. The highest BCUT2D eigenvalue weighted by Crippen LogP contribution is 2.19. The number of aromatic nitrogens is 2. The van der Waals surface area contributed by atoms with E-state index in [1.165, 1.54) is 12.1 Å². The van der Waals surface area contributed by atoms with Gasteiger partial charge in [0.05, 0.1) is 6.61 Å². The van der Waals surface area contributed by atoms with Crippen LogP contribution in [0.3, 0.4) is 0 Å². The van der Waals surface area contributed by atoms with Crippen molar-refractivity contribution >= 4 is 17.6 Å². The van der Waals surface area contributed by atoms with Gasteiger partial charge in [-0.2, -0.15) is 0 Å². The molecule has 0 saturated heterocycles. The van der Waals surface area contributed by atoms with Gasteiger partial charge >= 0.3 is 5.97 Å². The third kappa shape index (κ3) is 2.93. The summed E-state index contributed by atoms with van der Waals surface area (Å²) < 4.78 is 20.4. The summed E-state index contributed by atoms with van der Waals surface area (Å²) in [6, 6.07) is 6.23. The van der Waals surface area contributed by atoms with Crippen LogP contribution in [-0.2, 0) is 16.6 Å². The van der Waals surface area contributed by atoms with Gasteiger partial charge in [0.1, 0.15) is 17.2 Å². The van der Waals surface area contributed by atoms with Crippen LogP contribution >= 0.6 is 0 Å². The largest absolute Gasteiger partial charge is 0.462 e. The van der Waals surface area contributed by atoms with Crippen molar-refractivity contribution < 1.29 is 13.9 Å². The zero-order valence-corrected chi connectivity index (χ0v) is 11.3. The van der Waals surface area contributed by atoms with Crippen molar-refractivity contribution in [1.82, 2.24) is 9.55 Å². The Morgan fingerprint density at radius 2 is 2.20 bits per heavy atom. The van der Waals surface area contributed by atoms with E-state index in [0.717, 1.165) is 0 Å². The molecule has 0 aliphatic heterocycles. The van der Waals surface area contributed by atoms with Gasteiger partial charge in [0.2, 0.25) is 0 Å². The molecule has 0 N–H and O–H groups in total. The molecule has 0 atom stereocenters. The Morgan fingerprint density at radius 1 is 1.45 bits per heavy atom. The summed E-state index contributed by atoms with van der Waals surface area (Å²) in [6.07, 6.45) is 4.74. The Balaban J connectivity index is 2.50. The molecule has 0 bridgehead atoms. The summed E-state index contributed by atoms with van der Waals surface area (Å²) in [5, 5.41) is 0. The first kappa shape index (κ1) is 14.0. The Bertz CT molecular complexity index is 647. The molecule has 2 aromatic rings. The lowest BCUT2D eigenvalue weighted by Crippen LogP contribution is -2.10. The first-order chi connectivity index (χ1) is 9.63. The average Bonchev–Trinajstić information content (AvgIpc) is 2.84. The second-order valence-corrected chi connectivity index (χ2v) is 4.16. The van der Waals surface area contributed by atoms with Crippen LogP contribution in [0, 0.1) is 5.82 Å². The van der Waals surface area contributed by atoms with Crippen LogP contribution in [0.25, 0.3) is 11.6 Å². The van der Waals surface area contributed by atoms with Crippen molar-refractivity contribution in [3.8, 4) is 0 Å². The average molecular weight is 274 g/mol. The molecule has 4 nitrogen and oxygen atoms in total. The SMILES string of the molecule is CCOC(=O)/C(=C/c1ccccc1F)c1nccn1C. The molecule has 0 saturated carbocycles. The van der Waals surface area contributed by atoms with Gasteiger partial charge in [0.25, 0.3) is 0 Å². The molecule has 0 aliphatic carbocycles. The van der Waals surface area contributed by atoms with Gasteiger partial charge in [0.15, 0.2) is 0 Å². The number of carbonyl (C=O) groups is 1. The molecule has 0 radical (unpaired) electrons. The van der Waals surface area contributed by atoms with Crippen LogP contribution in [-0.4, -0.2) is 22.1 Å². The van der Waals surface area contributed by atoms with Gasteiger partial charge in [0, 0.05) is 25.0 Å². The highest BCUT2D eigenvalue weighted by Gasteiger charge is 2.18. The predicted molar refractivity (Wildman–Crippen MR) is 74.1 cm³/mol. The van der Waals surface area contributed by atoms with Gasteiger partial charge in [-0.3, -0.25) is 0 Å². The number of hydrogen-bond acceptors (Lipinski definition) is 3. The van der Waals surface area contributed by atoms with Crippen molar-refractivity contribution in [2.24, 2.45) is 7.05 Å². The topological polar surface area (TPSA) is 44.1 Å². The zero-order valence-electron chi connectivity index (χ0n) is 11.3. The van der Waals surface area contributed by atoms with Gasteiger partial charge in [-0.25, -0.2) is 14.2 Å². The Kier molecular flexibility index (Phi) is 4.30. The van der Waals surface area contributed by atoms with Crippen LogP contribution in [0.5, 0.6) is 0 Å². The number of aryl methyl sites for hydroxylation is 1. The van der Waals surface area contributed by atoms with Gasteiger partial charge in [-0.05, 0) is 19.1 Å². The van der Waals surface area contributed by atoms with E-state index in [1.54, 1.807) is 49.1 Å². The van der Waals surface area contributed by atoms with E-state index in [2.05, 4.69) is 4.98 Å². The lowest BCUT2D eigenvalue weighted by Gasteiger charge is -2.07. The number of rotatable bonds is 4. The smallest absolute Gasteiger partial charge is 0.341 e. The lowest BCUT2D eigenvalue weighted by molar-refractivity contribution is -0.136. The molecular formula is C15H15FN2O2. The fraction of sp³-hybridized carbons (Fsp3) is 0.200. The summed E-state index contributed by atoms with van der Waals surface area (Å²) >= 11 is 0. The minimum atomic E-state index is -0.523. The molecule has 0 amide bonds. The maximum Gasteiger partial charge on any atom is 0.341 e. The van der Waals surface area contributed by atoms with E-state index in [9.17, 15) is 9.18 Å². The van der Waals surface area contributed by atoms with Gasteiger partial charge < -0.3 is 9.30 Å².